The van der Waals surface area contributed by atoms with Gasteiger partial charge in [-0.15, -0.1) is 0 Å². The van der Waals surface area contributed by atoms with Crippen LogP contribution in [0.5, 0.6) is 0 Å². The molecular formula is C26H22FN3O. The summed E-state index contributed by atoms with van der Waals surface area (Å²) < 4.78 is 16.5. The third-order valence-electron chi connectivity index (χ3n) is 5.72. The Morgan fingerprint density at radius 1 is 0.968 bits per heavy atom. The highest BCUT2D eigenvalue weighted by Crippen LogP contribution is 2.34. The first kappa shape index (κ1) is 19.2. The Morgan fingerprint density at radius 2 is 1.71 bits per heavy atom. The number of imidazole rings is 1. The SMILES string of the molecule is O=C1C[C@H](c2nc3ccccc3n2C/C=C/c2ccccc2)CN1c1ccccc1F. The smallest absolute Gasteiger partial charge is 0.227 e. The van der Waals surface area contributed by atoms with Crippen molar-refractivity contribution in [2.45, 2.75) is 18.9 Å². The van der Waals surface area contributed by atoms with E-state index in [-0.39, 0.29) is 17.6 Å². The lowest BCUT2D eigenvalue weighted by molar-refractivity contribution is -0.117. The minimum Gasteiger partial charge on any atom is -0.324 e. The van der Waals surface area contributed by atoms with Crippen LogP contribution >= 0.6 is 0 Å². The summed E-state index contributed by atoms with van der Waals surface area (Å²) in [5, 5.41) is 0. The number of halogens is 1. The van der Waals surface area contributed by atoms with Crippen LogP contribution < -0.4 is 4.90 Å². The second-order valence-corrected chi connectivity index (χ2v) is 7.74. The lowest BCUT2D eigenvalue weighted by Crippen LogP contribution is -2.25. The summed E-state index contributed by atoms with van der Waals surface area (Å²) in [6, 6.07) is 24.6. The van der Waals surface area contributed by atoms with Crippen LogP contribution in [0, 0.1) is 5.82 Å². The summed E-state index contributed by atoms with van der Waals surface area (Å²) in [5.41, 5.74) is 3.41. The Balaban J connectivity index is 1.47. The molecule has 1 aromatic heterocycles. The van der Waals surface area contributed by atoms with Gasteiger partial charge in [0.25, 0.3) is 0 Å². The number of benzene rings is 3. The summed E-state index contributed by atoms with van der Waals surface area (Å²) >= 11 is 0. The van der Waals surface area contributed by atoms with E-state index in [9.17, 15) is 9.18 Å². The van der Waals surface area contributed by atoms with Gasteiger partial charge in [0, 0.05) is 25.4 Å². The molecule has 4 nitrogen and oxygen atoms in total. The Labute approximate surface area is 180 Å². The number of para-hydroxylation sites is 3. The fourth-order valence-electron chi connectivity index (χ4n) is 4.24. The highest BCUT2D eigenvalue weighted by molar-refractivity contribution is 5.96. The number of aromatic nitrogens is 2. The van der Waals surface area contributed by atoms with Gasteiger partial charge in [0.15, 0.2) is 0 Å². The average molecular weight is 411 g/mol. The summed E-state index contributed by atoms with van der Waals surface area (Å²) in [5.74, 6) is 0.320. The van der Waals surface area contributed by atoms with Gasteiger partial charge in [-0.3, -0.25) is 4.79 Å². The number of nitrogens with zero attached hydrogens (tertiary/aromatic N) is 3. The summed E-state index contributed by atoms with van der Waals surface area (Å²) in [6.45, 7) is 1.07. The van der Waals surface area contributed by atoms with Crippen LogP contribution in [-0.4, -0.2) is 22.0 Å². The minimum absolute atomic E-state index is 0.0754. The molecule has 1 saturated heterocycles. The van der Waals surface area contributed by atoms with Crippen molar-refractivity contribution in [1.82, 2.24) is 9.55 Å². The molecular weight excluding hydrogens is 389 g/mol. The third-order valence-corrected chi connectivity index (χ3v) is 5.72. The molecule has 0 spiro atoms. The first-order chi connectivity index (χ1) is 15.2. The van der Waals surface area contributed by atoms with Crippen molar-refractivity contribution in [2.24, 2.45) is 0 Å². The van der Waals surface area contributed by atoms with E-state index >= 15 is 0 Å². The van der Waals surface area contributed by atoms with E-state index in [2.05, 4.69) is 28.9 Å². The number of amides is 1. The molecule has 31 heavy (non-hydrogen) atoms. The zero-order chi connectivity index (χ0) is 21.2. The molecule has 1 amide bonds. The van der Waals surface area contributed by atoms with Crippen LogP contribution in [0.1, 0.15) is 23.7 Å². The fraction of sp³-hybridized carbons (Fsp3) is 0.154. The van der Waals surface area contributed by atoms with Crippen molar-refractivity contribution in [1.29, 1.82) is 0 Å². The average Bonchev–Trinajstić information content (AvgIpc) is 3.35. The number of fused-ring (bicyclic) bond motifs is 1. The largest absolute Gasteiger partial charge is 0.324 e. The van der Waals surface area contributed by atoms with Crippen LogP contribution in [0.3, 0.4) is 0 Å². The number of rotatable bonds is 5. The molecule has 0 saturated carbocycles. The molecule has 0 aliphatic carbocycles. The zero-order valence-electron chi connectivity index (χ0n) is 17.0. The second-order valence-electron chi connectivity index (χ2n) is 7.74. The van der Waals surface area contributed by atoms with E-state index in [4.69, 9.17) is 4.98 Å². The van der Waals surface area contributed by atoms with Crippen LogP contribution in [0.4, 0.5) is 10.1 Å². The van der Waals surface area contributed by atoms with E-state index in [1.165, 1.54) is 6.07 Å². The Kier molecular flexibility index (Phi) is 5.08. The van der Waals surface area contributed by atoms with Crippen LogP contribution in [0.2, 0.25) is 0 Å². The van der Waals surface area contributed by atoms with E-state index in [1.54, 1.807) is 23.1 Å². The molecule has 2 heterocycles. The highest BCUT2D eigenvalue weighted by atomic mass is 19.1. The molecule has 154 valence electrons. The van der Waals surface area contributed by atoms with Crippen LogP contribution in [0.15, 0.2) is 84.9 Å². The van der Waals surface area contributed by atoms with Crippen LogP contribution in [-0.2, 0) is 11.3 Å². The Bertz CT molecular complexity index is 1260. The van der Waals surface area contributed by atoms with Gasteiger partial charge < -0.3 is 9.47 Å². The fourth-order valence-corrected chi connectivity index (χ4v) is 4.24. The monoisotopic (exact) mass is 411 g/mol. The normalized spacial score (nSPS) is 16.6. The Morgan fingerprint density at radius 3 is 2.55 bits per heavy atom. The van der Waals surface area contributed by atoms with Gasteiger partial charge in [-0.25, -0.2) is 9.37 Å². The van der Waals surface area contributed by atoms with Gasteiger partial charge in [-0.05, 0) is 29.8 Å². The first-order valence-corrected chi connectivity index (χ1v) is 10.4. The number of carbonyl (C=O) groups is 1. The summed E-state index contributed by atoms with van der Waals surface area (Å²) in [6.07, 6.45) is 4.52. The first-order valence-electron chi connectivity index (χ1n) is 10.4. The topological polar surface area (TPSA) is 38.1 Å². The molecule has 5 heteroatoms. The van der Waals surface area contributed by atoms with Gasteiger partial charge in [0.1, 0.15) is 11.6 Å². The van der Waals surface area contributed by atoms with Gasteiger partial charge in [-0.1, -0.05) is 66.7 Å². The summed E-state index contributed by atoms with van der Waals surface area (Å²) in [4.78, 5) is 19.2. The molecule has 1 aliphatic heterocycles. The molecule has 1 fully saturated rings. The van der Waals surface area contributed by atoms with E-state index < -0.39 is 0 Å². The predicted molar refractivity (Wildman–Crippen MR) is 121 cm³/mol. The van der Waals surface area contributed by atoms with Gasteiger partial charge >= 0.3 is 0 Å². The van der Waals surface area contributed by atoms with Gasteiger partial charge in [0.2, 0.25) is 5.91 Å². The lowest BCUT2D eigenvalue weighted by atomic mass is 10.1. The number of anilines is 1. The molecule has 1 aliphatic rings. The van der Waals surface area contributed by atoms with Crippen molar-refractivity contribution >= 4 is 28.7 Å². The molecule has 0 N–H and O–H groups in total. The maximum atomic E-state index is 14.3. The van der Waals surface area contributed by atoms with Gasteiger partial charge in [0.05, 0.1) is 16.7 Å². The molecule has 0 bridgehead atoms. The van der Waals surface area contributed by atoms with Crippen molar-refractivity contribution in [2.75, 3.05) is 11.4 Å². The highest BCUT2D eigenvalue weighted by Gasteiger charge is 2.35. The number of hydrogen-bond donors (Lipinski definition) is 0. The lowest BCUT2D eigenvalue weighted by Gasteiger charge is -2.17. The van der Waals surface area contributed by atoms with Gasteiger partial charge in [-0.2, -0.15) is 0 Å². The molecule has 0 radical (unpaired) electrons. The van der Waals surface area contributed by atoms with Crippen LogP contribution in [0.25, 0.3) is 17.1 Å². The Hall–Kier alpha value is -3.73. The molecule has 3 aromatic carbocycles. The standard InChI is InChI=1S/C26H22FN3O/c27-21-12-4-6-14-23(21)30-18-20(17-25(30)31)26-28-22-13-5-7-15-24(22)29(26)16-8-11-19-9-2-1-3-10-19/h1-15,20H,16-18H2/b11-8+/t20-/m0/s1. The van der Waals surface area contributed by atoms with E-state index in [1.807, 2.05) is 42.5 Å². The minimum atomic E-state index is -0.379. The van der Waals surface area contributed by atoms with E-state index in [0.717, 1.165) is 22.4 Å². The molecule has 1 atom stereocenters. The van der Waals surface area contributed by atoms with Crippen molar-refractivity contribution in [3.63, 3.8) is 0 Å². The maximum Gasteiger partial charge on any atom is 0.227 e. The zero-order valence-corrected chi connectivity index (χ0v) is 17.0. The van der Waals surface area contributed by atoms with Crippen molar-refractivity contribution in [3.05, 3.63) is 102 Å². The third kappa shape index (κ3) is 3.75. The molecule has 0 unspecified atom stereocenters. The second kappa shape index (κ2) is 8.19. The number of allylic oxidation sites excluding steroid dienone is 1. The predicted octanol–water partition coefficient (Wildman–Crippen LogP) is 5.41. The summed E-state index contributed by atoms with van der Waals surface area (Å²) in [7, 11) is 0. The number of carbonyl (C=O) groups excluding carboxylic acids is 1. The maximum absolute atomic E-state index is 14.3. The number of hydrogen-bond acceptors (Lipinski definition) is 2. The van der Waals surface area contributed by atoms with Crippen molar-refractivity contribution in [3.8, 4) is 0 Å². The molecule has 4 aromatic rings. The quantitative estimate of drug-likeness (QED) is 0.440. The van der Waals surface area contributed by atoms with E-state index in [0.29, 0.717) is 25.2 Å². The molecule has 5 rings (SSSR count). The van der Waals surface area contributed by atoms with Crippen molar-refractivity contribution < 1.29 is 9.18 Å².